The molecule has 0 fully saturated rings. The van der Waals surface area contributed by atoms with Crippen LogP contribution in [0.5, 0.6) is 0 Å². The fraction of sp³-hybridized carbons (Fsp3) is 0.391. The Morgan fingerprint density at radius 1 is 1.27 bits per heavy atom. The second kappa shape index (κ2) is 8.41. The quantitative estimate of drug-likeness (QED) is 0.627. The Morgan fingerprint density at radius 2 is 2.07 bits per heavy atom. The number of hydrogen-bond donors (Lipinski definition) is 0. The molecular formula is C23H24N4O2S. The minimum Gasteiger partial charge on any atom is -0.310 e. The zero-order valence-electron chi connectivity index (χ0n) is 17.3. The minimum absolute atomic E-state index is 0.0925. The first-order valence-corrected chi connectivity index (χ1v) is 11.1. The second-order valence-electron chi connectivity index (χ2n) is 7.79. The van der Waals surface area contributed by atoms with Gasteiger partial charge in [0.05, 0.1) is 24.2 Å². The molecule has 0 radical (unpaired) electrons. The van der Waals surface area contributed by atoms with Crippen LogP contribution in [0, 0.1) is 25.2 Å². The summed E-state index contributed by atoms with van der Waals surface area (Å²) in [6, 6.07) is 7.91. The summed E-state index contributed by atoms with van der Waals surface area (Å²) in [7, 11) is 0. The van der Waals surface area contributed by atoms with Gasteiger partial charge in [-0.25, -0.2) is 4.98 Å². The standard InChI is InChI=1S/C23H24N4O2S/c1-15-8-9-17(12-16(15)2)27(11-5-10-24)20(28)13-26-14-25-22-21(23(26)29)18-6-3-4-7-19(18)30-22/h8-9,12,14H,3-7,11,13H2,1-2H3. The van der Waals surface area contributed by atoms with E-state index in [0.29, 0.717) is 5.39 Å². The summed E-state index contributed by atoms with van der Waals surface area (Å²) in [5, 5.41) is 9.71. The van der Waals surface area contributed by atoms with Crippen molar-refractivity contribution in [3.8, 4) is 6.07 Å². The van der Waals surface area contributed by atoms with Crippen LogP contribution in [0.25, 0.3) is 10.2 Å². The highest BCUT2D eigenvalue weighted by Crippen LogP contribution is 2.33. The molecule has 1 aromatic carbocycles. The molecule has 0 unspecified atom stereocenters. The van der Waals surface area contributed by atoms with E-state index in [4.69, 9.17) is 5.26 Å². The molecule has 0 saturated carbocycles. The molecular weight excluding hydrogens is 396 g/mol. The van der Waals surface area contributed by atoms with Crippen molar-refractivity contribution in [2.24, 2.45) is 0 Å². The van der Waals surface area contributed by atoms with Crippen molar-refractivity contribution in [2.75, 3.05) is 11.4 Å². The highest BCUT2D eigenvalue weighted by Gasteiger charge is 2.22. The van der Waals surface area contributed by atoms with Crippen molar-refractivity contribution in [3.63, 3.8) is 0 Å². The molecule has 4 rings (SSSR count). The molecule has 6 nitrogen and oxygen atoms in total. The minimum atomic E-state index is -0.221. The van der Waals surface area contributed by atoms with Crippen molar-refractivity contribution in [2.45, 2.75) is 52.5 Å². The molecule has 0 saturated heterocycles. The fourth-order valence-corrected chi connectivity index (χ4v) is 5.20. The Hall–Kier alpha value is -2.98. The summed E-state index contributed by atoms with van der Waals surface area (Å²) in [5.41, 5.74) is 3.93. The lowest BCUT2D eigenvalue weighted by molar-refractivity contribution is -0.119. The van der Waals surface area contributed by atoms with Crippen LogP contribution in [-0.4, -0.2) is 22.0 Å². The predicted molar refractivity (Wildman–Crippen MR) is 119 cm³/mol. The van der Waals surface area contributed by atoms with E-state index in [-0.39, 0.29) is 31.0 Å². The van der Waals surface area contributed by atoms with Crippen LogP contribution in [-0.2, 0) is 24.2 Å². The second-order valence-corrected chi connectivity index (χ2v) is 8.87. The van der Waals surface area contributed by atoms with Crippen LogP contribution in [0.4, 0.5) is 5.69 Å². The van der Waals surface area contributed by atoms with Gasteiger partial charge in [0, 0.05) is 17.1 Å². The number of fused-ring (bicyclic) bond motifs is 3. The number of aromatic nitrogens is 2. The maximum Gasteiger partial charge on any atom is 0.262 e. The fourth-order valence-electron chi connectivity index (χ4n) is 3.98. The van der Waals surface area contributed by atoms with Crippen molar-refractivity contribution in [1.82, 2.24) is 9.55 Å². The number of nitrogens with zero attached hydrogens (tertiary/aromatic N) is 4. The van der Waals surface area contributed by atoms with Crippen molar-refractivity contribution in [3.05, 3.63) is 56.4 Å². The molecule has 1 aliphatic carbocycles. The predicted octanol–water partition coefficient (Wildman–Crippen LogP) is 3.90. The Balaban J connectivity index is 1.67. The van der Waals surface area contributed by atoms with E-state index >= 15 is 0 Å². The number of hydrogen-bond acceptors (Lipinski definition) is 5. The van der Waals surface area contributed by atoms with Crippen LogP contribution in [0.2, 0.25) is 0 Å². The van der Waals surface area contributed by atoms with Crippen molar-refractivity contribution in [1.29, 1.82) is 5.26 Å². The summed E-state index contributed by atoms with van der Waals surface area (Å²) >= 11 is 1.60. The lowest BCUT2D eigenvalue weighted by atomic mass is 9.97. The Morgan fingerprint density at radius 3 is 2.83 bits per heavy atom. The van der Waals surface area contributed by atoms with E-state index < -0.39 is 0 Å². The first-order chi connectivity index (χ1) is 14.5. The Labute approximate surface area is 179 Å². The van der Waals surface area contributed by atoms with Gasteiger partial charge in [0.15, 0.2) is 0 Å². The van der Waals surface area contributed by atoms with E-state index in [1.807, 2.05) is 32.0 Å². The third-order valence-electron chi connectivity index (χ3n) is 5.80. The van der Waals surface area contributed by atoms with Crippen LogP contribution in [0.15, 0.2) is 29.3 Å². The van der Waals surface area contributed by atoms with E-state index in [1.165, 1.54) is 15.8 Å². The van der Waals surface area contributed by atoms with Crippen LogP contribution >= 0.6 is 11.3 Å². The number of aryl methyl sites for hydroxylation is 4. The zero-order chi connectivity index (χ0) is 21.3. The van der Waals surface area contributed by atoms with E-state index in [1.54, 1.807) is 16.2 Å². The number of nitriles is 1. The molecule has 0 atom stereocenters. The maximum absolute atomic E-state index is 13.2. The number of rotatable bonds is 5. The Bertz CT molecular complexity index is 1220. The first kappa shape index (κ1) is 20.3. The van der Waals surface area contributed by atoms with Crippen molar-refractivity contribution < 1.29 is 4.79 Å². The van der Waals surface area contributed by atoms with Gasteiger partial charge >= 0.3 is 0 Å². The molecule has 0 bridgehead atoms. The highest BCUT2D eigenvalue weighted by molar-refractivity contribution is 7.18. The molecule has 7 heteroatoms. The van der Waals surface area contributed by atoms with Crippen LogP contribution in [0.3, 0.4) is 0 Å². The number of anilines is 1. The number of amides is 1. The normalized spacial score (nSPS) is 13.1. The molecule has 2 aromatic heterocycles. The SMILES string of the molecule is Cc1ccc(N(CCC#N)C(=O)Cn2cnc3sc4c(c3c2=O)CCCC4)cc1C. The summed E-state index contributed by atoms with van der Waals surface area (Å²) in [5.74, 6) is -0.221. The molecule has 2 heterocycles. The monoisotopic (exact) mass is 420 g/mol. The van der Waals surface area contributed by atoms with Crippen LogP contribution < -0.4 is 10.5 Å². The molecule has 154 valence electrons. The molecule has 3 aromatic rings. The van der Waals surface area contributed by atoms with E-state index in [0.717, 1.165) is 52.9 Å². The molecule has 1 amide bonds. The molecule has 0 aliphatic heterocycles. The van der Waals surface area contributed by atoms with E-state index in [2.05, 4.69) is 11.1 Å². The lowest BCUT2D eigenvalue weighted by Gasteiger charge is -2.23. The lowest BCUT2D eigenvalue weighted by Crippen LogP contribution is -2.37. The number of benzene rings is 1. The summed E-state index contributed by atoms with van der Waals surface area (Å²) in [4.78, 5) is 34.4. The molecule has 0 spiro atoms. The molecule has 0 N–H and O–H groups in total. The van der Waals surface area contributed by atoms with Gasteiger partial charge in [-0.1, -0.05) is 6.07 Å². The maximum atomic E-state index is 13.2. The van der Waals surface area contributed by atoms with Gasteiger partial charge in [-0.15, -0.1) is 11.3 Å². The first-order valence-electron chi connectivity index (χ1n) is 10.2. The van der Waals surface area contributed by atoms with Gasteiger partial charge in [0.2, 0.25) is 5.91 Å². The third kappa shape index (κ3) is 3.75. The van der Waals surface area contributed by atoms with Crippen LogP contribution in [0.1, 0.15) is 40.8 Å². The largest absolute Gasteiger partial charge is 0.310 e. The van der Waals surface area contributed by atoms with Gasteiger partial charge in [0.1, 0.15) is 11.4 Å². The van der Waals surface area contributed by atoms with Gasteiger partial charge in [-0.2, -0.15) is 5.26 Å². The average Bonchev–Trinajstić information content (AvgIpc) is 3.12. The number of thiophene rings is 1. The number of carbonyl (C=O) groups is 1. The summed E-state index contributed by atoms with van der Waals surface area (Å²) < 4.78 is 1.41. The molecule has 30 heavy (non-hydrogen) atoms. The highest BCUT2D eigenvalue weighted by atomic mass is 32.1. The summed E-state index contributed by atoms with van der Waals surface area (Å²) in [6.45, 7) is 4.21. The van der Waals surface area contributed by atoms with E-state index in [9.17, 15) is 9.59 Å². The van der Waals surface area contributed by atoms with Gasteiger partial charge in [-0.05, 0) is 68.4 Å². The zero-order valence-corrected chi connectivity index (χ0v) is 18.1. The topological polar surface area (TPSA) is 79.0 Å². The van der Waals surface area contributed by atoms with Crippen molar-refractivity contribution >= 4 is 33.1 Å². The third-order valence-corrected chi connectivity index (χ3v) is 7.00. The van der Waals surface area contributed by atoms with Gasteiger partial charge < -0.3 is 4.90 Å². The summed E-state index contributed by atoms with van der Waals surface area (Å²) in [6.07, 6.45) is 5.85. The van der Waals surface area contributed by atoms with Gasteiger partial charge in [-0.3, -0.25) is 14.2 Å². The van der Waals surface area contributed by atoms with Gasteiger partial charge in [0.25, 0.3) is 5.56 Å². The smallest absolute Gasteiger partial charge is 0.262 e. The average molecular weight is 421 g/mol. The number of carbonyl (C=O) groups excluding carboxylic acids is 1. The Kier molecular flexibility index (Phi) is 5.69. The molecule has 1 aliphatic rings.